The Hall–Kier alpha value is -2.14. The van der Waals surface area contributed by atoms with Crippen LogP contribution in [0.1, 0.15) is 41.3 Å². The van der Waals surface area contributed by atoms with Crippen molar-refractivity contribution in [2.24, 2.45) is 5.73 Å². The molecule has 1 aromatic carbocycles. The summed E-state index contributed by atoms with van der Waals surface area (Å²) < 4.78 is 2.03. The van der Waals surface area contributed by atoms with E-state index in [1.165, 1.54) is 16.8 Å². The van der Waals surface area contributed by atoms with Crippen molar-refractivity contribution in [2.45, 2.75) is 39.2 Å². The zero-order valence-electron chi connectivity index (χ0n) is 13.1. The third-order valence-electron chi connectivity index (χ3n) is 4.51. The fraction of sp³-hybridized carbons (Fsp3) is 0.412. The van der Waals surface area contributed by atoms with Crippen LogP contribution in [0.25, 0.3) is 5.69 Å². The Labute approximate surface area is 130 Å². The van der Waals surface area contributed by atoms with Gasteiger partial charge >= 0.3 is 0 Å². The lowest BCUT2D eigenvalue weighted by atomic mass is 9.92. The second kappa shape index (κ2) is 5.93. The lowest BCUT2D eigenvalue weighted by Crippen LogP contribution is -2.35. The molecule has 0 saturated heterocycles. The highest BCUT2D eigenvalue weighted by atomic mass is 16.1. The molecule has 1 heterocycles. The van der Waals surface area contributed by atoms with Gasteiger partial charge in [-0.1, -0.05) is 12.1 Å². The molecule has 0 aliphatic heterocycles. The number of carbonyl (C=O) groups is 1. The second-order valence-corrected chi connectivity index (χ2v) is 5.89. The summed E-state index contributed by atoms with van der Waals surface area (Å²) >= 11 is 0. The number of aromatic nitrogens is 2. The van der Waals surface area contributed by atoms with E-state index in [1.54, 1.807) is 0 Å². The predicted octanol–water partition coefficient (Wildman–Crippen LogP) is 1.94. The van der Waals surface area contributed by atoms with Crippen LogP contribution in [0.3, 0.4) is 0 Å². The Morgan fingerprint density at radius 3 is 3.05 bits per heavy atom. The SMILES string of the molecule is Cc1cccc(-n2ncc3c2CCC[C@@H]3NC(=O)CN)c1C. The van der Waals surface area contributed by atoms with Gasteiger partial charge in [0, 0.05) is 11.3 Å². The zero-order chi connectivity index (χ0) is 15.7. The fourth-order valence-corrected chi connectivity index (χ4v) is 3.13. The number of nitrogens with zero attached hydrogens (tertiary/aromatic N) is 2. The number of fused-ring (bicyclic) bond motifs is 1. The minimum absolute atomic E-state index is 0.0248. The second-order valence-electron chi connectivity index (χ2n) is 5.89. The summed E-state index contributed by atoms with van der Waals surface area (Å²) in [5, 5.41) is 7.59. The maximum atomic E-state index is 11.6. The first kappa shape index (κ1) is 14.8. The van der Waals surface area contributed by atoms with Gasteiger partial charge in [-0.3, -0.25) is 4.79 Å². The quantitative estimate of drug-likeness (QED) is 0.909. The average Bonchev–Trinajstić information content (AvgIpc) is 2.95. The molecule has 1 amide bonds. The average molecular weight is 298 g/mol. The van der Waals surface area contributed by atoms with Gasteiger partial charge in [0.2, 0.25) is 5.91 Å². The van der Waals surface area contributed by atoms with Crippen LogP contribution in [-0.4, -0.2) is 22.2 Å². The van der Waals surface area contributed by atoms with Crippen LogP contribution < -0.4 is 11.1 Å². The summed E-state index contributed by atoms with van der Waals surface area (Å²) in [6.45, 7) is 4.26. The highest BCUT2D eigenvalue weighted by molar-refractivity contribution is 5.78. The Morgan fingerprint density at radius 1 is 1.45 bits per heavy atom. The summed E-state index contributed by atoms with van der Waals surface area (Å²) in [4.78, 5) is 11.6. The van der Waals surface area contributed by atoms with Gasteiger partial charge in [-0.2, -0.15) is 5.10 Å². The summed E-state index contributed by atoms with van der Waals surface area (Å²) in [5.41, 5.74) is 11.3. The molecule has 0 spiro atoms. The standard InChI is InChI=1S/C17H22N4O/c1-11-5-3-7-15(12(11)2)21-16-8-4-6-14(13(16)10-19-21)20-17(22)9-18/h3,5,7,10,14H,4,6,8-9,18H2,1-2H3,(H,20,22)/t14-/m0/s1. The predicted molar refractivity (Wildman–Crippen MR) is 85.9 cm³/mol. The number of rotatable bonds is 3. The van der Waals surface area contributed by atoms with Crippen LogP contribution in [0, 0.1) is 13.8 Å². The first-order chi connectivity index (χ1) is 10.6. The van der Waals surface area contributed by atoms with Crippen LogP contribution in [0.5, 0.6) is 0 Å². The van der Waals surface area contributed by atoms with Gasteiger partial charge in [0.15, 0.2) is 0 Å². The van der Waals surface area contributed by atoms with E-state index in [0.29, 0.717) is 0 Å². The molecule has 0 fully saturated rings. The monoisotopic (exact) mass is 298 g/mol. The molecule has 5 nitrogen and oxygen atoms in total. The van der Waals surface area contributed by atoms with E-state index in [0.717, 1.165) is 30.5 Å². The first-order valence-electron chi connectivity index (χ1n) is 7.74. The van der Waals surface area contributed by atoms with E-state index < -0.39 is 0 Å². The maximum absolute atomic E-state index is 11.6. The molecule has 3 N–H and O–H groups in total. The van der Waals surface area contributed by atoms with E-state index >= 15 is 0 Å². The van der Waals surface area contributed by atoms with Crippen molar-refractivity contribution in [1.29, 1.82) is 0 Å². The van der Waals surface area contributed by atoms with E-state index in [4.69, 9.17) is 5.73 Å². The molecule has 1 aromatic heterocycles. The lowest BCUT2D eigenvalue weighted by molar-refractivity contribution is -0.120. The van der Waals surface area contributed by atoms with Crippen molar-refractivity contribution >= 4 is 5.91 Å². The molecule has 3 rings (SSSR count). The topological polar surface area (TPSA) is 72.9 Å². The molecule has 1 aliphatic rings. The molecule has 1 aliphatic carbocycles. The molecule has 0 radical (unpaired) electrons. The number of amides is 1. The third-order valence-corrected chi connectivity index (χ3v) is 4.51. The largest absolute Gasteiger partial charge is 0.348 e. The molecule has 116 valence electrons. The summed E-state index contributed by atoms with van der Waals surface area (Å²) in [5.74, 6) is -0.114. The summed E-state index contributed by atoms with van der Waals surface area (Å²) in [6.07, 6.45) is 4.85. The van der Waals surface area contributed by atoms with Crippen molar-refractivity contribution in [3.05, 3.63) is 46.8 Å². The zero-order valence-corrected chi connectivity index (χ0v) is 13.1. The van der Waals surface area contributed by atoms with Crippen molar-refractivity contribution < 1.29 is 4.79 Å². The number of nitrogens with one attached hydrogen (secondary N) is 1. The van der Waals surface area contributed by atoms with Crippen molar-refractivity contribution in [3.8, 4) is 5.69 Å². The smallest absolute Gasteiger partial charge is 0.234 e. The van der Waals surface area contributed by atoms with E-state index in [-0.39, 0.29) is 18.5 Å². The van der Waals surface area contributed by atoms with Gasteiger partial charge in [0.25, 0.3) is 0 Å². The molecule has 5 heteroatoms. The van der Waals surface area contributed by atoms with Crippen LogP contribution >= 0.6 is 0 Å². The van der Waals surface area contributed by atoms with Crippen LogP contribution in [-0.2, 0) is 11.2 Å². The summed E-state index contributed by atoms with van der Waals surface area (Å²) in [6, 6.07) is 6.29. The number of aryl methyl sites for hydroxylation is 1. The van der Waals surface area contributed by atoms with E-state index in [1.807, 2.05) is 10.9 Å². The van der Waals surface area contributed by atoms with Gasteiger partial charge < -0.3 is 11.1 Å². The number of hydrogen-bond donors (Lipinski definition) is 2. The van der Waals surface area contributed by atoms with Crippen LogP contribution in [0.2, 0.25) is 0 Å². The molecular weight excluding hydrogens is 276 g/mol. The van der Waals surface area contributed by atoms with Crippen molar-refractivity contribution in [1.82, 2.24) is 15.1 Å². The van der Waals surface area contributed by atoms with Crippen molar-refractivity contribution in [3.63, 3.8) is 0 Å². The van der Waals surface area contributed by atoms with Crippen LogP contribution in [0.15, 0.2) is 24.4 Å². The molecule has 1 atom stereocenters. The Kier molecular flexibility index (Phi) is 3.98. The molecule has 22 heavy (non-hydrogen) atoms. The summed E-state index contributed by atoms with van der Waals surface area (Å²) in [7, 11) is 0. The normalized spacial score (nSPS) is 17.1. The maximum Gasteiger partial charge on any atom is 0.234 e. The lowest BCUT2D eigenvalue weighted by Gasteiger charge is -2.24. The molecular formula is C17H22N4O. The number of benzene rings is 1. The Bertz CT molecular complexity index is 705. The Morgan fingerprint density at radius 2 is 2.27 bits per heavy atom. The minimum Gasteiger partial charge on any atom is -0.348 e. The molecule has 0 saturated carbocycles. The highest BCUT2D eigenvalue weighted by Gasteiger charge is 2.26. The highest BCUT2D eigenvalue weighted by Crippen LogP contribution is 2.31. The van der Waals surface area contributed by atoms with Gasteiger partial charge in [-0.05, 0) is 50.3 Å². The fourth-order valence-electron chi connectivity index (χ4n) is 3.13. The number of hydrogen-bond acceptors (Lipinski definition) is 3. The Balaban J connectivity index is 2.00. The van der Waals surface area contributed by atoms with E-state index in [2.05, 4.69) is 42.5 Å². The van der Waals surface area contributed by atoms with E-state index in [9.17, 15) is 4.79 Å². The molecule has 2 aromatic rings. The molecule has 0 unspecified atom stereocenters. The number of carbonyl (C=O) groups excluding carboxylic acids is 1. The van der Waals surface area contributed by atoms with Gasteiger partial charge in [0.05, 0.1) is 24.5 Å². The first-order valence-corrected chi connectivity index (χ1v) is 7.74. The van der Waals surface area contributed by atoms with Crippen molar-refractivity contribution in [2.75, 3.05) is 6.54 Å². The van der Waals surface area contributed by atoms with Gasteiger partial charge in [-0.25, -0.2) is 4.68 Å². The van der Waals surface area contributed by atoms with Gasteiger partial charge in [-0.15, -0.1) is 0 Å². The molecule has 0 bridgehead atoms. The minimum atomic E-state index is -0.114. The third kappa shape index (κ3) is 2.52. The van der Waals surface area contributed by atoms with Crippen LogP contribution in [0.4, 0.5) is 0 Å². The number of nitrogens with two attached hydrogens (primary N) is 1. The van der Waals surface area contributed by atoms with Gasteiger partial charge in [0.1, 0.15) is 0 Å².